The van der Waals surface area contributed by atoms with Gasteiger partial charge in [0.25, 0.3) is 5.91 Å². The molecular formula is C15H13NO3. The van der Waals surface area contributed by atoms with E-state index in [0.29, 0.717) is 11.3 Å². The molecule has 0 fully saturated rings. The fourth-order valence-corrected chi connectivity index (χ4v) is 1.56. The van der Waals surface area contributed by atoms with E-state index in [0.717, 1.165) is 5.56 Å². The number of ketones is 1. The molecule has 0 aliphatic heterocycles. The molecule has 2 aromatic rings. The van der Waals surface area contributed by atoms with Crippen LogP contribution in [0.2, 0.25) is 0 Å². The lowest BCUT2D eigenvalue weighted by Crippen LogP contribution is -2.17. The Hall–Kier alpha value is -2.62. The minimum absolute atomic E-state index is 0.137. The Morgan fingerprint density at radius 3 is 2.47 bits per heavy atom. The van der Waals surface area contributed by atoms with E-state index >= 15 is 0 Å². The molecule has 2 rings (SSSR count). The number of benzene rings is 1. The highest BCUT2D eigenvalue weighted by Gasteiger charge is 2.04. The van der Waals surface area contributed by atoms with Gasteiger partial charge >= 0.3 is 0 Å². The van der Waals surface area contributed by atoms with Crippen LogP contribution >= 0.6 is 0 Å². The molecule has 19 heavy (non-hydrogen) atoms. The van der Waals surface area contributed by atoms with Gasteiger partial charge in [-0.3, -0.25) is 9.59 Å². The maximum Gasteiger partial charge on any atom is 0.251 e. The third-order valence-corrected chi connectivity index (χ3v) is 2.59. The van der Waals surface area contributed by atoms with Crippen molar-refractivity contribution in [2.24, 2.45) is 0 Å². The molecule has 0 aliphatic carbocycles. The number of furan rings is 1. The van der Waals surface area contributed by atoms with Gasteiger partial charge in [-0.1, -0.05) is 18.2 Å². The first-order valence-corrected chi connectivity index (χ1v) is 5.79. The van der Waals surface area contributed by atoms with Crippen LogP contribution < -0.4 is 5.32 Å². The number of carbonyl (C=O) groups excluding carboxylic acids is 2. The monoisotopic (exact) mass is 255 g/mol. The number of hydrogen-bond donors (Lipinski definition) is 1. The van der Waals surface area contributed by atoms with Gasteiger partial charge < -0.3 is 9.73 Å². The summed E-state index contributed by atoms with van der Waals surface area (Å²) in [6.07, 6.45) is 4.57. The number of amides is 1. The molecule has 0 unspecified atom stereocenters. The molecule has 1 aromatic heterocycles. The molecule has 0 saturated carbocycles. The second-order valence-corrected chi connectivity index (χ2v) is 3.88. The molecule has 1 aromatic carbocycles. The number of rotatable bonds is 4. The fourth-order valence-electron chi connectivity index (χ4n) is 1.56. The zero-order valence-electron chi connectivity index (χ0n) is 10.4. The van der Waals surface area contributed by atoms with Gasteiger partial charge in [0.2, 0.25) is 5.78 Å². The molecule has 1 N–H and O–H groups in total. The van der Waals surface area contributed by atoms with Crippen molar-refractivity contribution < 1.29 is 14.0 Å². The molecule has 1 heterocycles. The lowest BCUT2D eigenvalue weighted by atomic mass is 10.1. The molecule has 0 aliphatic rings. The van der Waals surface area contributed by atoms with Crippen molar-refractivity contribution in [1.29, 1.82) is 0 Å². The second-order valence-electron chi connectivity index (χ2n) is 3.88. The van der Waals surface area contributed by atoms with Gasteiger partial charge in [0.1, 0.15) is 0 Å². The predicted octanol–water partition coefficient (Wildman–Crippen LogP) is 2.54. The van der Waals surface area contributed by atoms with E-state index in [1.165, 1.54) is 12.3 Å². The second kappa shape index (κ2) is 5.82. The molecule has 1 amide bonds. The standard InChI is InChI=1S/C15H13NO3/c1-16-15(18)12-7-4-11(5-8-12)6-9-13(17)14-3-2-10-19-14/h2-10H,1H3,(H,16,18)/b9-6+. The van der Waals surface area contributed by atoms with Gasteiger partial charge in [-0.05, 0) is 35.9 Å². The summed E-state index contributed by atoms with van der Waals surface area (Å²) < 4.78 is 5.00. The Balaban J connectivity index is 2.07. The smallest absolute Gasteiger partial charge is 0.251 e. The molecule has 96 valence electrons. The van der Waals surface area contributed by atoms with Crippen LogP contribution in [0, 0.1) is 0 Å². The highest BCUT2D eigenvalue weighted by Crippen LogP contribution is 2.08. The third-order valence-electron chi connectivity index (χ3n) is 2.59. The van der Waals surface area contributed by atoms with Gasteiger partial charge in [0.15, 0.2) is 5.76 Å². The lowest BCUT2D eigenvalue weighted by Gasteiger charge is -1.99. The van der Waals surface area contributed by atoms with E-state index in [1.807, 2.05) is 0 Å². The van der Waals surface area contributed by atoms with E-state index < -0.39 is 0 Å². The van der Waals surface area contributed by atoms with Crippen LogP contribution in [0.25, 0.3) is 6.08 Å². The summed E-state index contributed by atoms with van der Waals surface area (Å²) in [5, 5.41) is 2.55. The van der Waals surface area contributed by atoms with Crippen molar-refractivity contribution in [2.45, 2.75) is 0 Å². The van der Waals surface area contributed by atoms with Gasteiger partial charge in [-0.15, -0.1) is 0 Å². The van der Waals surface area contributed by atoms with E-state index in [4.69, 9.17) is 4.42 Å². The summed E-state index contributed by atoms with van der Waals surface area (Å²) >= 11 is 0. The molecule has 0 spiro atoms. The summed E-state index contributed by atoms with van der Waals surface area (Å²) in [6.45, 7) is 0. The van der Waals surface area contributed by atoms with Gasteiger partial charge in [-0.2, -0.15) is 0 Å². The SMILES string of the molecule is CNC(=O)c1ccc(/C=C/C(=O)c2ccco2)cc1. The van der Waals surface area contributed by atoms with Crippen molar-refractivity contribution in [2.75, 3.05) is 7.05 Å². The van der Waals surface area contributed by atoms with E-state index in [-0.39, 0.29) is 11.7 Å². The highest BCUT2D eigenvalue weighted by atomic mass is 16.3. The third kappa shape index (κ3) is 3.19. The van der Waals surface area contributed by atoms with Crippen molar-refractivity contribution in [3.8, 4) is 0 Å². The number of nitrogens with one attached hydrogen (secondary N) is 1. The first kappa shape index (κ1) is 12.8. The first-order valence-electron chi connectivity index (χ1n) is 5.79. The molecule has 0 saturated heterocycles. The number of allylic oxidation sites excluding steroid dienone is 1. The topological polar surface area (TPSA) is 59.3 Å². The molecule has 4 nitrogen and oxygen atoms in total. The largest absolute Gasteiger partial charge is 0.461 e. The van der Waals surface area contributed by atoms with Crippen molar-refractivity contribution >= 4 is 17.8 Å². The molecule has 0 atom stereocenters. The summed E-state index contributed by atoms with van der Waals surface area (Å²) in [6, 6.07) is 10.2. The zero-order chi connectivity index (χ0) is 13.7. The lowest BCUT2D eigenvalue weighted by molar-refractivity contribution is 0.0962. The molecular weight excluding hydrogens is 242 g/mol. The zero-order valence-corrected chi connectivity index (χ0v) is 10.4. The average molecular weight is 255 g/mol. The normalized spacial score (nSPS) is 10.6. The average Bonchev–Trinajstić information content (AvgIpc) is 2.98. The maximum atomic E-state index is 11.7. The minimum atomic E-state index is -0.194. The predicted molar refractivity (Wildman–Crippen MR) is 71.9 cm³/mol. The summed E-state index contributed by atoms with van der Waals surface area (Å²) in [5.41, 5.74) is 1.42. The minimum Gasteiger partial charge on any atom is -0.461 e. The molecule has 4 heteroatoms. The number of carbonyl (C=O) groups is 2. The van der Waals surface area contributed by atoms with E-state index in [9.17, 15) is 9.59 Å². The summed E-state index contributed by atoms with van der Waals surface area (Å²) in [7, 11) is 1.58. The van der Waals surface area contributed by atoms with Crippen LogP contribution in [0.15, 0.2) is 53.2 Å². The van der Waals surface area contributed by atoms with Crippen molar-refractivity contribution in [1.82, 2.24) is 5.32 Å². The molecule has 0 bridgehead atoms. The Labute approximate surface area is 110 Å². The van der Waals surface area contributed by atoms with Gasteiger partial charge in [0, 0.05) is 12.6 Å². The van der Waals surface area contributed by atoms with Crippen LogP contribution in [-0.2, 0) is 0 Å². The quantitative estimate of drug-likeness (QED) is 0.674. The Morgan fingerprint density at radius 1 is 1.16 bits per heavy atom. The maximum absolute atomic E-state index is 11.7. The van der Waals surface area contributed by atoms with Gasteiger partial charge in [0.05, 0.1) is 6.26 Å². The van der Waals surface area contributed by atoms with Crippen LogP contribution in [0.1, 0.15) is 26.5 Å². The fraction of sp³-hybridized carbons (Fsp3) is 0.0667. The van der Waals surface area contributed by atoms with Crippen LogP contribution in [0.4, 0.5) is 0 Å². The summed E-state index contributed by atoms with van der Waals surface area (Å²) in [4.78, 5) is 23.0. The highest BCUT2D eigenvalue weighted by molar-refractivity contribution is 6.04. The van der Waals surface area contributed by atoms with Crippen LogP contribution in [-0.4, -0.2) is 18.7 Å². The van der Waals surface area contributed by atoms with Crippen molar-refractivity contribution in [3.63, 3.8) is 0 Å². The van der Waals surface area contributed by atoms with Crippen LogP contribution in [0.5, 0.6) is 0 Å². The van der Waals surface area contributed by atoms with E-state index in [1.54, 1.807) is 49.5 Å². The van der Waals surface area contributed by atoms with Gasteiger partial charge in [-0.25, -0.2) is 0 Å². The van der Waals surface area contributed by atoms with E-state index in [2.05, 4.69) is 5.32 Å². The summed E-state index contributed by atoms with van der Waals surface area (Å²) in [5.74, 6) is -0.0270. The Bertz CT molecular complexity index is 595. The Morgan fingerprint density at radius 2 is 1.89 bits per heavy atom. The first-order chi connectivity index (χ1) is 9.20. The Kier molecular flexibility index (Phi) is 3.93. The number of hydrogen-bond acceptors (Lipinski definition) is 3. The molecule has 0 radical (unpaired) electrons. The van der Waals surface area contributed by atoms with Crippen LogP contribution in [0.3, 0.4) is 0 Å². The van der Waals surface area contributed by atoms with Crippen molar-refractivity contribution in [3.05, 3.63) is 65.6 Å².